The Morgan fingerprint density at radius 3 is 2.75 bits per heavy atom. The van der Waals surface area contributed by atoms with Crippen molar-refractivity contribution < 1.29 is 0 Å². The van der Waals surface area contributed by atoms with Crippen LogP contribution in [0.25, 0.3) is 11.1 Å². The van der Waals surface area contributed by atoms with Gasteiger partial charge < -0.3 is 5.73 Å². The Hall–Kier alpha value is -2.28. The van der Waals surface area contributed by atoms with Gasteiger partial charge in [0, 0.05) is 30.1 Å². The molecular formula is C12H12N4. The third-order valence-electron chi connectivity index (χ3n) is 2.54. The van der Waals surface area contributed by atoms with Crippen molar-refractivity contribution in [1.82, 2.24) is 9.78 Å². The van der Waals surface area contributed by atoms with Gasteiger partial charge in [0.25, 0.3) is 0 Å². The van der Waals surface area contributed by atoms with Crippen LogP contribution in [0.2, 0.25) is 0 Å². The van der Waals surface area contributed by atoms with Crippen LogP contribution in [-0.2, 0) is 7.05 Å². The second kappa shape index (κ2) is 3.70. The molecular weight excluding hydrogens is 200 g/mol. The minimum atomic E-state index is 0.580. The molecule has 0 aliphatic rings. The molecule has 4 heteroatoms. The SMILES string of the molecule is Cc1cc(-c2cnn(C)c2)c(C#N)cc1N. The first-order chi connectivity index (χ1) is 7.61. The van der Waals surface area contributed by atoms with Crippen LogP contribution in [0.3, 0.4) is 0 Å². The van der Waals surface area contributed by atoms with Crippen LogP contribution >= 0.6 is 0 Å². The maximum atomic E-state index is 9.07. The summed E-state index contributed by atoms with van der Waals surface area (Å²) in [5.41, 5.74) is 9.78. The number of nitrogen functional groups attached to an aromatic ring is 1. The van der Waals surface area contributed by atoms with Crippen molar-refractivity contribution in [3.8, 4) is 17.2 Å². The number of aryl methyl sites for hydroxylation is 2. The van der Waals surface area contributed by atoms with Crippen molar-refractivity contribution in [2.45, 2.75) is 6.92 Å². The number of anilines is 1. The molecule has 0 amide bonds. The molecule has 0 saturated heterocycles. The van der Waals surface area contributed by atoms with E-state index in [2.05, 4.69) is 11.2 Å². The van der Waals surface area contributed by atoms with Gasteiger partial charge >= 0.3 is 0 Å². The standard InChI is InChI=1S/C12H12N4/c1-8-3-11(9(5-13)4-12(8)14)10-6-15-16(2)7-10/h3-4,6-7H,14H2,1-2H3. The Balaban J connectivity index is 2.65. The Bertz CT molecular complexity index is 575. The van der Waals surface area contributed by atoms with Crippen LogP contribution in [0.5, 0.6) is 0 Å². The van der Waals surface area contributed by atoms with Crippen molar-refractivity contribution in [3.05, 3.63) is 35.7 Å². The molecule has 2 rings (SSSR count). The van der Waals surface area contributed by atoms with Gasteiger partial charge in [-0.2, -0.15) is 10.4 Å². The van der Waals surface area contributed by atoms with Crippen molar-refractivity contribution in [2.75, 3.05) is 5.73 Å². The van der Waals surface area contributed by atoms with E-state index >= 15 is 0 Å². The summed E-state index contributed by atoms with van der Waals surface area (Å²) in [6.45, 7) is 1.93. The van der Waals surface area contributed by atoms with E-state index in [4.69, 9.17) is 11.0 Å². The van der Waals surface area contributed by atoms with Crippen LogP contribution in [0.15, 0.2) is 24.5 Å². The largest absolute Gasteiger partial charge is 0.398 e. The van der Waals surface area contributed by atoms with Gasteiger partial charge in [0.05, 0.1) is 17.8 Å². The second-order valence-corrected chi connectivity index (χ2v) is 3.77. The summed E-state index contributed by atoms with van der Waals surface area (Å²) in [4.78, 5) is 0. The molecule has 0 unspecified atom stereocenters. The highest BCUT2D eigenvalue weighted by molar-refractivity contribution is 5.73. The first-order valence-corrected chi connectivity index (χ1v) is 4.91. The first kappa shape index (κ1) is 10.2. The van der Waals surface area contributed by atoms with Gasteiger partial charge in [0.1, 0.15) is 0 Å². The fraction of sp³-hybridized carbons (Fsp3) is 0.167. The number of benzene rings is 1. The molecule has 0 aliphatic carbocycles. The molecule has 1 aromatic carbocycles. The monoisotopic (exact) mass is 212 g/mol. The van der Waals surface area contributed by atoms with Gasteiger partial charge in [-0.05, 0) is 24.6 Å². The lowest BCUT2D eigenvalue weighted by atomic mass is 9.99. The molecule has 0 radical (unpaired) electrons. The predicted octanol–water partition coefficient (Wildman–Crippen LogP) is 1.85. The number of nitrogens with zero attached hydrogens (tertiary/aromatic N) is 3. The van der Waals surface area contributed by atoms with E-state index in [1.807, 2.05) is 26.2 Å². The lowest BCUT2D eigenvalue weighted by molar-refractivity contribution is 0.768. The van der Waals surface area contributed by atoms with Gasteiger partial charge in [-0.3, -0.25) is 4.68 Å². The lowest BCUT2D eigenvalue weighted by Gasteiger charge is -2.05. The predicted molar refractivity (Wildman–Crippen MR) is 62.5 cm³/mol. The zero-order chi connectivity index (χ0) is 11.7. The summed E-state index contributed by atoms with van der Waals surface area (Å²) in [6.07, 6.45) is 3.62. The third kappa shape index (κ3) is 1.63. The topological polar surface area (TPSA) is 67.6 Å². The highest BCUT2D eigenvalue weighted by Gasteiger charge is 2.09. The number of hydrogen-bond acceptors (Lipinski definition) is 3. The lowest BCUT2D eigenvalue weighted by Crippen LogP contribution is -1.93. The summed E-state index contributed by atoms with van der Waals surface area (Å²) in [5, 5.41) is 13.2. The van der Waals surface area contributed by atoms with E-state index in [0.29, 0.717) is 11.3 Å². The fourth-order valence-electron chi connectivity index (χ4n) is 1.62. The van der Waals surface area contributed by atoms with Crippen molar-refractivity contribution in [1.29, 1.82) is 5.26 Å². The van der Waals surface area contributed by atoms with Gasteiger partial charge in [0.15, 0.2) is 0 Å². The molecule has 2 N–H and O–H groups in total. The maximum Gasteiger partial charge on any atom is 0.0998 e. The van der Waals surface area contributed by atoms with Gasteiger partial charge in [0.2, 0.25) is 0 Å². The number of rotatable bonds is 1. The van der Waals surface area contributed by atoms with Crippen molar-refractivity contribution in [3.63, 3.8) is 0 Å². The summed E-state index contributed by atoms with van der Waals surface area (Å²) >= 11 is 0. The average molecular weight is 212 g/mol. The van der Waals surface area contributed by atoms with E-state index in [9.17, 15) is 0 Å². The molecule has 1 heterocycles. The number of nitriles is 1. The summed E-state index contributed by atoms with van der Waals surface area (Å²) in [6, 6.07) is 5.78. The van der Waals surface area contributed by atoms with E-state index in [1.165, 1.54) is 0 Å². The molecule has 4 nitrogen and oxygen atoms in total. The van der Waals surface area contributed by atoms with Gasteiger partial charge in [-0.25, -0.2) is 0 Å². The van der Waals surface area contributed by atoms with Crippen LogP contribution in [-0.4, -0.2) is 9.78 Å². The van der Waals surface area contributed by atoms with Crippen molar-refractivity contribution >= 4 is 5.69 Å². The maximum absolute atomic E-state index is 9.07. The summed E-state index contributed by atoms with van der Waals surface area (Å²) in [7, 11) is 1.85. The highest BCUT2D eigenvalue weighted by atomic mass is 15.2. The molecule has 16 heavy (non-hydrogen) atoms. The zero-order valence-corrected chi connectivity index (χ0v) is 9.23. The molecule has 0 atom stereocenters. The Labute approximate surface area is 93.9 Å². The number of hydrogen-bond donors (Lipinski definition) is 1. The number of aromatic nitrogens is 2. The van der Waals surface area contributed by atoms with Crippen LogP contribution in [0.1, 0.15) is 11.1 Å². The molecule has 1 aromatic heterocycles. The summed E-state index contributed by atoms with van der Waals surface area (Å²) in [5.74, 6) is 0. The van der Waals surface area contributed by atoms with Crippen LogP contribution in [0.4, 0.5) is 5.69 Å². The minimum Gasteiger partial charge on any atom is -0.398 e. The molecule has 0 spiro atoms. The van der Waals surface area contributed by atoms with Gasteiger partial charge in [-0.15, -0.1) is 0 Å². The molecule has 0 fully saturated rings. The van der Waals surface area contributed by atoms with Gasteiger partial charge in [-0.1, -0.05) is 0 Å². The summed E-state index contributed by atoms with van der Waals surface area (Å²) < 4.78 is 1.71. The van der Waals surface area contributed by atoms with E-state index < -0.39 is 0 Å². The minimum absolute atomic E-state index is 0.580. The zero-order valence-electron chi connectivity index (χ0n) is 9.23. The van der Waals surface area contributed by atoms with Crippen molar-refractivity contribution in [2.24, 2.45) is 7.05 Å². The molecule has 0 saturated carbocycles. The Morgan fingerprint density at radius 2 is 2.19 bits per heavy atom. The van der Waals surface area contributed by atoms with E-state index in [-0.39, 0.29) is 0 Å². The Kier molecular flexibility index (Phi) is 2.37. The molecule has 2 aromatic rings. The average Bonchev–Trinajstić information content (AvgIpc) is 2.68. The normalized spacial score (nSPS) is 10.1. The quantitative estimate of drug-likeness (QED) is 0.733. The smallest absolute Gasteiger partial charge is 0.0998 e. The molecule has 80 valence electrons. The Morgan fingerprint density at radius 1 is 1.44 bits per heavy atom. The van der Waals surface area contributed by atoms with Crippen LogP contribution in [0, 0.1) is 18.3 Å². The van der Waals surface area contributed by atoms with E-state index in [0.717, 1.165) is 16.7 Å². The second-order valence-electron chi connectivity index (χ2n) is 3.77. The molecule has 0 bridgehead atoms. The highest BCUT2D eigenvalue weighted by Crippen LogP contribution is 2.27. The first-order valence-electron chi connectivity index (χ1n) is 4.91. The molecule has 0 aliphatic heterocycles. The number of nitrogens with two attached hydrogens (primary N) is 1. The van der Waals surface area contributed by atoms with E-state index in [1.54, 1.807) is 16.9 Å². The third-order valence-corrected chi connectivity index (χ3v) is 2.54. The fourth-order valence-corrected chi connectivity index (χ4v) is 1.62. The van der Waals surface area contributed by atoms with Crippen LogP contribution < -0.4 is 5.73 Å².